The monoisotopic (exact) mass is 428 g/mol. The van der Waals surface area contributed by atoms with Crippen LogP contribution in [0.2, 0.25) is 0 Å². The van der Waals surface area contributed by atoms with Crippen molar-refractivity contribution in [3.63, 3.8) is 0 Å². The van der Waals surface area contributed by atoms with E-state index in [9.17, 15) is 9.59 Å². The summed E-state index contributed by atoms with van der Waals surface area (Å²) in [6.45, 7) is 2.86. The van der Waals surface area contributed by atoms with Gasteiger partial charge in [-0.05, 0) is 37.8 Å². The van der Waals surface area contributed by atoms with E-state index in [1.165, 1.54) is 0 Å². The molecule has 0 unspecified atom stereocenters. The lowest BCUT2D eigenvalue weighted by Crippen LogP contribution is -2.47. The highest BCUT2D eigenvalue weighted by Crippen LogP contribution is 2.31. The summed E-state index contributed by atoms with van der Waals surface area (Å²) in [5, 5.41) is 9.74. The fourth-order valence-corrected chi connectivity index (χ4v) is 4.09. The molecule has 3 amide bonds. The van der Waals surface area contributed by atoms with E-state index >= 15 is 0 Å². The van der Waals surface area contributed by atoms with Gasteiger partial charge in [0, 0.05) is 38.2 Å². The van der Waals surface area contributed by atoms with Crippen LogP contribution in [0.25, 0.3) is 11.4 Å². The number of aromatic amines is 1. The number of methoxy groups -OCH3 is 2. The number of rotatable bonds is 5. The third-order valence-corrected chi connectivity index (χ3v) is 5.90. The van der Waals surface area contributed by atoms with Crippen molar-refractivity contribution >= 4 is 17.9 Å². The largest absolute Gasteiger partial charge is 0.497 e. The number of urea groups is 1. The van der Waals surface area contributed by atoms with E-state index in [1.54, 1.807) is 26.4 Å². The van der Waals surface area contributed by atoms with E-state index < -0.39 is 0 Å². The van der Waals surface area contributed by atoms with Gasteiger partial charge in [0.05, 0.1) is 19.8 Å². The summed E-state index contributed by atoms with van der Waals surface area (Å²) in [7, 11) is 3.15. The van der Waals surface area contributed by atoms with Gasteiger partial charge >= 0.3 is 6.03 Å². The van der Waals surface area contributed by atoms with Crippen molar-refractivity contribution in [1.82, 2.24) is 25.0 Å². The molecule has 2 aliphatic rings. The summed E-state index contributed by atoms with van der Waals surface area (Å²) in [4.78, 5) is 33.3. The Hall–Kier alpha value is -3.30. The molecule has 0 saturated carbocycles. The average molecular weight is 428 g/mol. The molecule has 0 spiro atoms. The molecule has 1 aromatic carbocycles. The topological polar surface area (TPSA) is 113 Å². The van der Waals surface area contributed by atoms with Gasteiger partial charge < -0.3 is 19.3 Å². The number of nitrogens with zero attached hydrogens (tertiary/aromatic N) is 4. The van der Waals surface area contributed by atoms with E-state index in [0.717, 1.165) is 25.9 Å². The Kier molecular flexibility index (Phi) is 6.24. The van der Waals surface area contributed by atoms with E-state index in [2.05, 4.69) is 20.5 Å². The summed E-state index contributed by atoms with van der Waals surface area (Å²) in [5.41, 5.74) is 0.713. The standard InChI is InChI=1S/C21H28N6O4/c1-30-15-5-6-16(17(13-15)31-2)18-22-20(25-24-18)23-19(28)14-7-11-27(12-8-14)21(29)26-9-3-4-10-26/h5-6,13-14H,3-4,7-12H2,1-2H3,(H2,22,23,24,25,28). The summed E-state index contributed by atoms with van der Waals surface area (Å²) in [6, 6.07) is 5.48. The van der Waals surface area contributed by atoms with Gasteiger partial charge in [0.25, 0.3) is 0 Å². The molecule has 3 heterocycles. The molecule has 0 atom stereocenters. The first-order valence-electron chi connectivity index (χ1n) is 10.6. The normalized spacial score (nSPS) is 17.0. The number of hydrogen-bond acceptors (Lipinski definition) is 6. The lowest BCUT2D eigenvalue weighted by molar-refractivity contribution is -0.121. The van der Waals surface area contributed by atoms with Gasteiger partial charge in [0.1, 0.15) is 11.5 Å². The van der Waals surface area contributed by atoms with Gasteiger partial charge in [0.15, 0.2) is 5.82 Å². The van der Waals surface area contributed by atoms with Crippen LogP contribution in [-0.2, 0) is 4.79 Å². The van der Waals surface area contributed by atoms with Crippen LogP contribution < -0.4 is 14.8 Å². The molecule has 166 valence electrons. The number of anilines is 1. The lowest BCUT2D eigenvalue weighted by atomic mass is 9.96. The van der Waals surface area contributed by atoms with Crippen LogP contribution in [0, 0.1) is 5.92 Å². The Balaban J connectivity index is 1.34. The number of likely N-dealkylation sites (tertiary alicyclic amines) is 2. The van der Waals surface area contributed by atoms with Gasteiger partial charge in [0.2, 0.25) is 11.9 Å². The van der Waals surface area contributed by atoms with Crippen LogP contribution in [0.5, 0.6) is 11.5 Å². The van der Waals surface area contributed by atoms with Crippen molar-refractivity contribution in [1.29, 1.82) is 0 Å². The van der Waals surface area contributed by atoms with Crippen molar-refractivity contribution in [2.24, 2.45) is 5.92 Å². The van der Waals surface area contributed by atoms with Crippen molar-refractivity contribution in [2.45, 2.75) is 25.7 Å². The Labute approximate surface area is 180 Å². The second-order valence-corrected chi connectivity index (χ2v) is 7.80. The highest BCUT2D eigenvalue weighted by atomic mass is 16.5. The third kappa shape index (κ3) is 4.57. The predicted octanol–water partition coefficient (Wildman–Crippen LogP) is 2.36. The van der Waals surface area contributed by atoms with Gasteiger partial charge in [-0.15, -0.1) is 5.10 Å². The Bertz CT molecular complexity index is 932. The molecule has 2 fully saturated rings. The number of nitrogens with one attached hydrogen (secondary N) is 2. The number of amides is 3. The van der Waals surface area contributed by atoms with Gasteiger partial charge in [-0.2, -0.15) is 4.98 Å². The van der Waals surface area contributed by atoms with Crippen molar-refractivity contribution in [3.8, 4) is 22.9 Å². The molecular weight excluding hydrogens is 400 g/mol. The van der Waals surface area contributed by atoms with Crippen molar-refractivity contribution < 1.29 is 19.1 Å². The maximum Gasteiger partial charge on any atom is 0.319 e. The van der Waals surface area contributed by atoms with Crippen LogP contribution in [0.1, 0.15) is 25.7 Å². The SMILES string of the molecule is COc1ccc(-c2nc(NC(=O)C3CCN(C(=O)N4CCCC4)CC3)n[nH]2)c(OC)c1. The Morgan fingerprint density at radius 2 is 1.77 bits per heavy atom. The number of ether oxygens (including phenoxy) is 2. The maximum atomic E-state index is 12.7. The number of hydrogen-bond donors (Lipinski definition) is 2. The molecule has 2 saturated heterocycles. The minimum Gasteiger partial charge on any atom is -0.497 e. The molecular formula is C21H28N6O4. The van der Waals surface area contributed by atoms with E-state index in [-0.39, 0.29) is 23.8 Å². The molecule has 31 heavy (non-hydrogen) atoms. The zero-order chi connectivity index (χ0) is 21.8. The fourth-order valence-electron chi connectivity index (χ4n) is 4.09. The molecule has 2 aliphatic heterocycles. The van der Waals surface area contributed by atoms with Crippen LogP contribution in [0.15, 0.2) is 18.2 Å². The highest BCUT2D eigenvalue weighted by Gasteiger charge is 2.31. The molecule has 10 nitrogen and oxygen atoms in total. The summed E-state index contributed by atoms with van der Waals surface area (Å²) < 4.78 is 10.6. The average Bonchev–Trinajstić information content (AvgIpc) is 3.51. The second kappa shape index (κ2) is 9.23. The van der Waals surface area contributed by atoms with Gasteiger partial charge in [-0.1, -0.05) is 0 Å². The highest BCUT2D eigenvalue weighted by molar-refractivity contribution is 5.91. The fraction of sp³-hybridized carbons (Fsp3) is 0.524. The molecule has 0 bridgehead atoms. The molecule has 0 radical (unpaired) electrons. The van der Waals surface area contributed by atoms with Crippen molar-refractivity contribution in [3.05, 3.63) is 18.2 Å². The van der Waals surface area contributed by atoms with Crippen LogP contribution in [0.3, 0.4) is 0 Å². The number of aromatic nitrogens is 3. The van der Waals surface area contributed by atoms with Crippen LogP contribution >= 0.6 is 0 Å². The van der Waals surface area contributed by atoms with Gasteiger partial charge in [-0.25, -0.2) is 4.79 Å². The zero-order valence-corrected chi connectivity index (χ0v) is 17.9. The summed E-state index contributed by atoms with van der Waals surface area (Å²) in [6.07, 6.45) is 3.42. The molecule has 1 aromatic heterocycles. The molecule has 0 aliphatic carbocycles. The first-order chi connectivity index (χ1) is 15.1. The van der Waals surface area contributed by atoms with E-state index in [4.69, 9.17) is 9.47 Å². The predicted molar refractivity (Wildman–Crippen MR) is 114 cm³/mol. The Morgan fingerprint density at radius 3 is 2.45 bits per heavy atom. The zero-order valence-electron chi connectivity index (χ0n) is 17.9. The van der Waals surface area contributed by atoms with Crippen LogP contribution in [-0.4, -0.2) is 77.3 Å². The quantitative estimate of drug-likeness (QED) is 0.756. The molecule has 4 rings (SSSR count). The lowest BCUT2D eigenvalue weighted by Gasteiger charge is -2.33. The summed E-state index contributed by atoms with van der Waals surface area (Å²) >= 11 is 0. The van der Waals surface area contributed by atoms with Crippen molar-refractivity contribution in [2.75, 3.05) is 45.7 Å². The van der Waals surface area contributed by atoms with Gasteiger partial charge in [-0.3, -0.25) is 15.2 Å². The Morgan fingerprint density at radius 1 is 1.06 bits per heavy atom. The summed E-state index contributed by atoms with van der Waals surface area (Å²) in [5.74, 6) is 1.67. The minimum atomic E-state index is -0.167. The number of carbonyl (C=O) groups is 2. The number of benzene rings is 1. The third-order valence-electron chi connectivity index (χ3n) is 5.90. The number of H-pyrrole nitrogens is 1. The first-order valence-corrected chi connectivity index (χ1v) is 10.6. The minimum absolute atomic E-state index is 0.100. The molecule has 2 N–H and O–H groups in total. The van der Waals surface area contributed by atoms with Crippen LogP contribution in [0.4, 0.5) is 10.7 Å². The first kappa shape index (κ1) is 21.0. The smallest absolute Gasteiger partial charge is 0.319 e. The second-order valence-electron chi connectivity index (χ2n) is 7.80. The molecule has 2 aromatic rings. The molecule has 10 heteroatoms. The van der Waals surface area contributed by atoms with E-state index in [0.29, 0.717) is 48.8 Å². The number of piperidine rings is 1. The van der Waals surface area contributed by atoms with E-state index in [1.807, 2.05) is 15.9 Å². The maximum absolute atomic E-state index is 12.7. The number of carbonyl (C=O) groups excluding carboxylic acids is 2.